The molecule has 3 nitrogen and oxygen atoms in total. The Morgan fingerprint density at radius 3 is 2.27 bits per heavy atom. The molecule has 0 amide bonds. The SMILES string of the molecule is C[C@@](NC1CC1)(C(=O)O)C1CCCCC1. The highest BCUT2D eigenvalue weighted by Crippen LogP contribution is 2.35. The molecule has 0 aromatic rings. The molecule has 2 rings (SSSR count). The Balaban J connectivity index is 2.04. The minimum Gasteiger partial charge on any atom is -0.480 e. The fourth-order valence-corrected chi connectivity index (χ4v) is 2.69. The summed E-state index contributed by atoms with van der Waals surface area (Å²) in [6.45, 7) is 1.88. The van der Waals surface area contributed by atoms with Gasteiger partial charge in [-0.05, 0) is 38.5 Å². The summed E-state index contributed by atoms with van der Waals surface area (Å²) in [7, 11) is 0. The van der Waals surface area contributed by atoms with Crippen molar-refractivity contribution in [2.45, 2.75) is 63.5 Å². The molecular weight excluding hydrogens is 190 g/mol. The minimum absolute atomic E-state index is 0.323. The third-order valence-corrected chi connectivity index (χ3v) is 3.95. The van der Waals surface area contributed by atoms with E-state index in [1.54, 1.807) is 0 Å². The molecule has 0 unspecified atom stereocenters. The lowest BCUT2D eigenvalue weighted by atomic mass is 9.75. The molecule has 0 spiro atoms. The van der Waals surface area contributed by atoms with Crippen LogP contribution < -0.4 is 5.32 Å². The Hall–Kier alpha value is -0.570. The summed E-state index contributed by atoms with van der Waals surface area (Å²) in [4.78, 5) is 11.4. The summed E-state index contributed by atoms with van der Waals surface area (Å²) >= 11 is 0. The fraction of sp³-hybridized carbons (Fsp3) is 0.917. The van der Waals surface area contributed by atoms with Gasteiger partial charge >= 0.3 is 5.97 Å². The van der Waals surface area contributed by atoms with Crippen LogP contribution in [0.15, 0.2) is 0 Å². The predicted molar refractivity (Wildman–Crippen MR) is 58.8 cm³/mol. The Labute approximate surface area is 91.2 Å². The molecule has 15 heavy (non-hydrogen) atoms. The quantitative estimate of drug-likeness (QED) is 0.749. The monoisotopic (exact) mass is 211 g/mol. The zero-order valence-electron chi connectivity index (χ0n) is 9.46. The zero-order valence-corrected chi connectivity index (χ0v) is 9.46. The number of aliphatic carboxylic acids is 1. The third kappa shape index (κ3) is 2.33. The number of nitrogens with one attached hydrogen (secondary N) is 1. The molecule has 86 valence electrons. The van der Waals surface area contributed by atoms with Gasteiger partial charge in [0.25, 0.3) is 0 Å². The van der Waals surface area contributed by atoms with Crippen molar-refractivity contribution in [3.63, 3.8) is 0 Å². The van der Waals surface area contributed by atoms with E-state index in [1.165, 1.54) is 19.3 Å². The Morgan fingerprint density at radius 1 is 1.20 bits per heavy atom. The van der Waals surface area contributed by atoms with Crippen molar-refractivity contribution >= 4 is 5.97 Å². The highest BCUT2D eigenvalue weighted by molar-refractivity contribution is 5.78. The van der Waals surface area contributed by atoms with E-state index < -0.39 is 11.5 Å². The third-order valence-electron chi connectivity index (χ3n) is 3.95. The molecule has 2 N–H and O–H groups in total. The predicted octanol–water partition coefficient (Wildman–Crippen LogP) is 2.16. The van der Waals surface area contributed by atoms with E-state index in [9.17, 15) is 9.90 Å². The molecule has 0 bridgehead atoms. The van der Waals surface area contributed by atoms with Crippen LogP contribution in [-0.2, 0) is 4.79 Å². The molecule has 0 aliphatic heterocycles. The van der Waals surface area contributed by atoms with Crippen LogP contribution in [0.3, 0.4) is 0 Å². The van der Waals surface area contributed by atoms with Gasteiger partial charge in [0.15, 0.2) is 0 Å². The Kier molecular flexibility index (Phi) is 3.01. The highest BCUT2D eigenvalue weighted by atomic mass is 16.4. The summed E-state index contributed by atoms with van der Waals surface area (Å²) in [5, 5.41) is 12.7. The lowest BCUT2D eigenvalue weighted by Gasteiger charge is -2.37. The van der Waals surface area contributed by atoms with Crippen molar-refractivity contribution in [1.82, 2.24) is 5.32 Å². The van der Waals surface area contributed by atoms with Gasteiger partial charge < -0.3 is 5.11 Å². The van der Waals surface area contributed by atoms with Gasteiger partial charge in [-0.15, -0.1) is 0 Å². The topological polar surface area (TPSA) is 49.3 Å². The van der Waals surface area contributed by atoms with Gasteiger partial charge in [-0.1, -0.05) is 19.3 Å². The van der Waals surface area contributed by atoms with Crippen LogP contribution >= 0.6 is 0 Å². The number of hydrogen-bond acceptors (Lipinski definition) is 2. The van der Waals surface area contributed by atoms with Gasteiger partial charge in [-0.25, -0.2) is 0 Å². The van der Waals surface area contributed by atoms with Crippen LogP contribution in [-0.4, -0.2) is 22.7 Å². The molecule has 0 aromatic heterocycles. The summed E-state index contributed by atoms with van der Waals surface area (Å²) in [5.41, 5.74) is -0.679. The van der Waals surface area contributed by atoms with E-state index >= 15 is 0 Å². The van der Waals surface area contributed by atoms with Crippen molar-refractivity contribution in [3.05, 3.63) is 0 Å². The maximum Gasteiger partial charge on any atom is 0.323 e. The molecular formula is C12H21NO2. The van der Waals surface area contributed by atoms with Crippen LogP contribution in [0.4, 0.5) is 0 Å². The molecule has 1 atom stereocenters. The maximum atomic E-state index is 11.4. The van der Waals surface area contributed by atoms with Gasteiger partial charge in [0.05, 0.1) is 0 Å². The molecule has 0 aromatic carbocycles. The van der Waals surface area contributed by atoms with Gasteiger partial charge in [0.2, 0.25) is 0 Å². The molecule has 0 radical (unpaired) electrons. The smallest absolute Gasteiger partial charge is 0.323 e. The summed E-state index contributed by atoms with van der Waals surface area (Å²) in [6.07, 6.45) is 8.10. The normalized spacial score (nSPS) is 27.3. The Bertz CT molecular complexity index is 244. The largest absolute Gasteiger partial charge is 0.480 e. The lowest BCUT2D eigenvalue weighted by Crippen LogP contribution is -2.56. The van der Waals surface area contributed by atoms with Gasteiger partial charge in [0.1, 0.15) is 5.54 Å². The number of carbonyl (C=O) groups is 1. The lowest BCUT2D eigenvalue weighted by molar-refractivity contribution is -0.147. The maximum absolute atomic E-state index is 11.4. The van der Waals surface area contributed by atoms with Gasteiger partial charge in [0, 0.05) is 6.04 Å². The standard InChI is InChI=1S/C12H21NO2/c1-12(11(14)15,13-10-7-8-10)9-5-3-2-4-6-9/h9-10,13H,2-8H2,1H3,(H,14,15)/t12-/m0/s1. The second kappa shape index (κ2) is 4.12. The van der Waals surface area contributed by atoms with Gasteiger partial charge in [-0.2, -0.15) is 0 Å². The van der Waals surface area contributed by atoms with Crippen molar-refractivity contribution in [2.75, 3.05) is 0 Å². The van der Waals surface area contributed by atoms with Gasteiger partial charge in [-0.3, -0.25) is 10.1 Å². The van der Waals surface area contributed by atoms with Crippen molar-refractivity contribution in [1.29, 1.82) is 0 Å². The van der Waals surface area contributed by atoms with E-state index in [0.29, 0.717) is 12.0 Å². The van der Waals surface area contributed by atoms with Crippen LogP contribution in [0.25, 0.3) is 0 Å². The summed E-state index contributed by atoms with van der Waals surface area (Å²) in [5.74, 6) is -0.342. The number of carboxylic acids is 1. The minimum atomic E-state index is -0.679. The molecule has 0 saturated heterocycles. The number of rotatable bonds is 4. The van der Waals surface area contributed by atoms with E-state index in [1.807, 2.05) is 6.92 Å². The first-order chi connectivity index (χ1) is 7.13. The summed E-state index contributed by atoms with van der Waals surface area (Å²) < 4.78 is 0. The zero-order chi connectivity index (χ0) is 10.9. The average Bonchev–Trinajstić information content (AvgIpc) is 3.02. The molecule has 2 aliphatic carbocycles. The van der Waals surface area contributed by atoms with Crippen molar-refractivity contribution in [3.8, 4) is 0 Å². The first kappa shape index (κ1) is 10.9. The fourth-order valence-electron chi connectivity index (χ4n) is 2.69. The molecule has 3 heteroatoms. The van der Waals surface area contributed by atoms with E-state index in [0.717, 1.165) is 25.7 Å². The number of hydrogen-bond donors (Lipinski definition) is 2. The van der Waals surface area contributed by atoms with Crippen LogP contribution in [0.1, 0.15) is 51.9 Å². The van der Waals surface area contributed by atoms with Crippen LogP contribution in [0.2, 0.25) is 0 Å². The first-order valence-electron chi connectivity index (χ1n) is 6.14. The van der Waals surface area contributed by atoms with Crippen molar-refractivity contribution in [2.24, 2.45) is 5.92 Å². The van der Waals surface area contributed by atoms with E-state index in [2.05, 4.69) is 5.32 Å². The van der Waals surface area contributed by atoms with E-state index in [-0.39, 0.29) is 0 Å². The number of carboxylic acid groups (broad SMARTS) is 1. The molecule has 2 fully saturated rings. The Morgan fingerprint density at radius 2 is 1.80 bits per heavy atom. The molecule has 2 aliphatic rings. The second-order valence-electron chi connectivity index (χ2n) is 5.26. The summed E-state index contributed by atoms with van der Waals surface area (Å²) in [6, 6.07) is 0.466. The van der Waals surface area contributed by atoms with Crippen LogP contribution in [0, 0.1) is 5.92 Å². The first-order valence-corrected chi connectivity index (χ1v) is 6.14. The highest BCUT2D eigenvalue weighted by Gasteiger charge is 2.44. The molecule has 2 saturated carbocycles. The van der Waals surface area contributed by atoms with E-state index in [4.69, 9.17) is 0 Å². The van der Waals surface area contributed by atoms with Crippen molar-refractivity contribution < 1.29 is 9.90 Å². The second-order valence-corrected chi connectivity index (χ2v) is 5.26. The van der Waals surface area contributed by atoms with Crippen LogP contribution in [0.5, 0.6) is 0 Å². The average molecular weight is 211 g/mol. The molecule has 0 heterocycles.